The number of hydrogen-bond donors (Lipinski definition) is 0. The smallest absolute Gasteiger partial charge is 0.185 e. The van der Waals surface area contributed by atoms with Gasteiger partial charge in [0.05, 0.1) is 6.07 Å². The molecule has 0 aromatic heterocycles. The first-order valence-electron chi connectivity index (χ1n) is 6.12. The molecule has 0 heterocycles. The average Bonchev–Trinajstić information content (AvgIpc) is 2.13. The van der Waals surface area contributed by atoms with Gasteiger partial charge >= 0.3 is 0 Å². The van der Waals surface area contributed by atoms with Crippen LogP contribution in [0.5, 0.6) is 0 Å². The van der Waals surface area contributed by atoms with Crippen molar-refractivity contribution in [2.75, 3.05) is 0 Å². The Balaban J connectivity index is 4.34. The molecule has 0 amide bonds. The fourth-order valence-corrected chi connectivity index (χ4v) is 2.29. The van der Waals surface area contributed by atoms with Gasteiger partial charge in [-0.25, -0.2) is 0 Å². The highest BCUT2D eigenvalue weighted by Crippen LogP contribution is 2.12. The predicted octanol–water partition coefficient (Wildman–Crippen LogP) is 4.42. The van der Waals surface area contributed by atoms with Crippen molar-refractivity contribution in [3.8, 4) is 6.07 Å². The highest BCUT2D eigenvalue weighted by Gasteiger charge is 2.19. The fourth-order valence-electron chi connectivity index (χ4n) is 1.41. The summed E-state index contributed by atoms with van der Waals surface area (Å²) >= 11 is 0. The molecule has 0 aliphatic carbocycles. The maximum Gasteiger partial charge on any atom is 0.185 e. The molecule has 2 nitrogen and oxygen atoms in total. The van der Waals surface area contributed by atoms with Crippen molar-refractivity contribution in [3.05, 3.63) is 23.3 Å². The zero-order valence-electron chi connectivity index (χ0n) is 12.0. The van der Waals surface area contributed by atoms with Crippen LogP contribution in [0.4, 0.5) is 0 Å². The van der Waals surface area contributed by atoms with Gasteiger partial charge in [-0.05, 0) is 59.3 Å². The van der Waals surface area contributed by atoms with Crippen LogP contribution in [0.15, 0.2) is 23.3 Å². The van der Waals surface area contributed by atoms with Crippen LogP contribution in [0.2, 0.25) is 19.6 Å². The lowest BCUT2D eigenvalue weighted by Crippen LogP contribution is -2.30. The van der Waals surface area contributed by atoms with E-state index in [1.54, 1.807) is 0 Å². The molecule has 0 N–H and O–H groups in total. The summed E-state index contributed by atoms with van der Waals surface area (Å²) in [7, 11) is -1.64. The van der Waals surface area contributed by atoms with Gasteiger partial charge < -0.3 is 4.43 Å². The summed E-state index contributed by atoms with van der Waals surface area (Å²) in [4.78, 5) is 0. The fraction of sp³-hybridized carbons (Fsp3) is 0.643. The summed E-state index contributed by atoms with van der Waals surface area (Å²) in [5.74, 6) is 0. The van der Waals surface area contributed by atoms with Gasteiger partial charge in [0.25, 0.3) is 0 Å². The molecule has 17 heavy (non-hydrogen) atoms. The lowest BCUT2D eigenvalue weighted by atomic mass is 10.1. The lowest BCUT2D eigenvalue weighted by molar-refractivity contribution is 0.294. The minimum Gasteiger partial charge on any atom is -0.399 e. The number of rotatable bonds is 6. The Labute approximate surface area is 107 Å². The summed E-state index contributed by atoms with van der Waals surface area (Å²) in [6.07, 6.45) is 5.83. The van der Waals surface area contributed by atoms with E-state index >= 15 is 0 Å². The van der Waals surface area contributed by atoms with Crippen LogP contribution in [0, 0.1) is 11.3 Å². The third-order valence-electron chi connectivity index (χ3n) is 2.13. The van der Waals surface area contributed by atoms with E-state index in [0.29, 0.717) is 0 Å². The van der Waals surface area contributed by atoms with Crippen LogP contribution in [0.25, 0.3) is 0 Å². The SMILES string of the molecule is CC(C)=CCC/C(C)=C\C(C#N)O[Si](C)(C)C. The first-order valence-corrected chi connectivity index (χ1v) is 9.53. The lowest BCUT2D eigenvalue weighted by Gasteiger charge is -2.20. The second-order valence-corrected chi connectivity index (χ2v) is 10.1. The van der Waals surface area contributed by atoms with Gasteiger partial charge in [-0.15, -0.1) is 0 Å². The molecule has 0 aliphatic heterocycles. The van der Waals surface area contributed by atoms with Crippen molar-refractivity contribution in [1.29, 1.82) is 5.26 Å². The van der Waals surface area contributed by atoms with E-state index in [2.05, 4.69) is 52.6 Å². The van der Waals surface area contributed by atoms with Crippen molar-refractivity contribution in [1.82, 2.24) is 0 Å². The van der Waals surface area contributed by atoms with Crippen molar-refractivity contribution in [2.24, 2.45) is 0 Å². The molecule has 0 aromatic rings. The normalized spacial score (nSPS) is 14.1. The summed E-state index contributed by atoms with van der Waals surface area (Å²) in [6, 6.07) is 2.21. The number of hydrogen-bond acceptors (Lipinski definition) is 2. The second-order valence-electron chi connectivity index (χ2n) is 5.61. The number of nitriles is 1. The molecule has 96 valence electrons. The molecule has 1 unspecified atom stereocenters. The van der Waals surface area contributed by atoms with Crippen molar-refractivity contribution < 1.29 is 4.43 Å². The molecule has 0 saturated heterocycles. The van der Waals surface area contributed by atoms with Gasteiger partial charge in [-0.2, -0.15) is 5.26 Å². The highest BCUT2D eigenvalue weighted by molar-refractivity contribution is 6.69. The Bertz CT molecular complexity index is 327. The van der Waals surface area contributed by atoms with Gasteiger partial charge in [0.1, 0.15) is 0 Å². The molecule has 3 heteroatoms. The van der Waals surface area contributed by atoms with Gasteiger partial charge in [-0.1, -0.05) is 17.2 Å². The molecule has 0 spiro atoms. The summed E-state index contributed by atoms with van der Waals surface area (Å²) < 4.78 is 5.77. The maximum atomic E-state index is 9.04. The van der Waals surface area contributed by atoms with Crippen LogP contribution < -0.4 is 0 Å². The Morgan fingerprint density at radius 1 is 1.29 bits per heavy atom. The van der Waals surface area contributed by atoms with E-state index in [-0.39, 0.29) is 6.10 Å². The van der Waals surface area contributed by atoms with Crippen molar-refractivity contribution in [2.45, 2.75) is 59.4 Å². The second kappa shape index (κ2) is 7.47. The van der Waals surface area contributed by atoms with Crippen LogP contribution in [0.1, 0.15) is 33.6 Å². The topological polar surface area (TPSA) is 33.0 Å². The van der Waals surface area contributed by atoms with E-state index in [1.807, 2.05) is 6.08 Å². The average molecular weight is 251 g/mol. The third-order valence-corrected chi connectivity index (χ3v) is 3.10. The minimum absolute atomic E-state index is 0.381. The Kier molecular flexibility index (Phi) is 7.09. The summed E-state index contributed by atoms with van der Waals surface area (Å²) in [6.45, 7) is 12.6. The molecule has 0 fully saturated rings. The minimum atomic E-state index is -1.64. The first-order chi connectivity index (χ1) is 7.74. The third kappa shape index (κ3) is 10.0. The number of nitrogens with zero attached hydrogens (tertiary/aromatic N) is 1. The van der Waals surface area contributed by atoms with E-state index in [9.17, 15) is 0 Å². The van der Waals surface area contributed by atoms with E-state index < -0.39 is 8.32 Å². The Hall–Kier alpha value is -0.853. The molecule has 0 aliphatic rings. The quantitative estimate of drug-likeness (QED) is 0.517. The van der Waals surface area contributed by atoms with E-state index in [1.165, 1.54) is 11.1 Å². The molecule has 0 aromatic carbocycles. The van der Waals surface area contributed by atoms with E-state index in [4.69, 9.17) is 9.69 Å². The summed E-state index contributed by atoms with van der Waals surface area (Å²) in [5, 5.41) is 9.04. The molecule has 0 radical (unpaired) electrons. The largest absolute Gasteiger partial charge is 0.399 e. The van der Waals surface area contributed by atoms with Crippen LogP contribution >= 0.6 is 0 Å². The monoisotopic (exact) mass is 251 g/mol. The Morgan fingerprint density at radius 3 is 2.29 bits per heavy atom. The van der Waals surface area contributed by atoms with Crippen LogP contribution in [0.3, 0.4) is 0 Å². The van der Waals surface area contributed by atoms with Crippen LogP contribution in [-0.4, -0.2) is 14.4 Å². The Morgan fingerprint density at radius 2 is 1.88 bits per heavy atom. The van der Waals surface area contributed by atoms with Crippen molar-refractivity contribution >= 4 is 8.32 Å². The maximum absolute atomic E-state index is 9.04. The van der Waals surface area contributed by atoms with Gasteiger partial charge in [0.2, 0.25) is 0 Å². The van der Waals surface area contributed by atoms with Crippen LogP contribution in [-0.2, 0) is 4.43 Å². The highest BCUT2D eigenvalue weighted by atomic mass is 28.4. The van der Waals surface area contributed by atoms with Gasteiger partial charge in [0, 0.05) is 0 Å². The first kappa shape index (κ1) is 16.1. The van der Waals surface area contributed by atoms with Gasteiger partial charge in [0.15, 0.2) is 14.4 Å². The van der Waals surface area contributed by atoms with Crippen molar-refractivity contribution in [3.63, 3.8) is 0 Å². The van der Waals surface area contributed by atoms with Gasteiger partial charge in [-0.3, -0.25) is 0 Å². The molecule has 0 saturated carbocycles. The molecule has 0 bridgehead atoms. The zero-order valence-corrected chi connectivity index (χ0v) is 13.0. The predicted molar refractivity (Wildman–Crippen MR) is 76.3 cm³/mol. The molecule has 0 rings (SSSR count). The number of allylic oxidation sites excluding steroid dienone is 3. The zero-order chi connectivity index (χ0) is 13.5. The standard InChI is InChI=1S/C14H25NOSi/c1-12(2)8-7-9-13(3)10-14(11-15)16-17(4,5)6/h8,10,14H,7,9H2,1-6H3/b13-10-. The molecule has 1 atom stereocenters. The summed E-state index contributed by atoms with van der Waals surface area (Å²) in [5.41, 5.74) is 2.57. The molecular formula is C14H25NOSi. The van der Waals surface area contributed by atoms with E-state index in [0.717, 1.165) is 12.8 Å². The molecular weight excluding hydrogens is 226 g/mol.